The minimum absolute atomic E-state index is 0.0683. The van der Waals surface area contributed by atoms with E-state index >= 15 is 0 Å². The van der Waals surface area contributed by atoms with E-state index in [1.54, 1.807) is 11.0 Å². The highest BCUT2D eigenvalue weighted by Crippen LogP contribution is 2.37. The standard InChI is InChI=1S/C24H19N3O5S/c1-12(28)27-9-8-15-19(11-27)33-23(20(15)21(25)29)26-22(30)17-10-16-14-5-3-2-4-13(14)6-7-18(16)32-24(17)31/h2-7,10H,8-9,11H2,1H3,(H2,25,29)(H,26,30). The second-order valence-corrected chi connectivity index (χ2v) is 8.97. The Morgan fingerprint density at radius 3 is 2.67 bits per heavy atom. The van der Waals surface area contributed by atoms with Crippen LogP contribution in [0.2, 0.25) is 0 Å². The Balaban J connectivity index is 1.56. The van der Waals surface area contributed by atoms with Crippen LogP contribution in [0.25, 0.3) is 21.7 Å². The van der Waals surface area contributed by atoms with E-state index in [1.807, 2.05) is 30.3 Å². The van der Waals surface area contributed by atoms with Crippen LogP contribution in [0.3, 0.4) is 0 Å². The SMILES string of the molecule is CC(=O)N1CCc2c(sc(NC(=O)c3cc4c(ccc5ccccc54)oc3=O)c2C(N)=O)C1. The summed E-state index contributed by atoms with van der Waals surface area (Å²) in [6.07, 6.45) is 0.462. The minimum atomic E-state index is -0.778. The molecule has 1 aliphatic rings. The number of hydrogen-bond donors (Lipinski definition) is 2. The van der Waals surface area contributed by atoms with Gasteiger partial charge in [0.2, 0.25) is 5.91 Å². The number of rotatable bonds is 3. The van der Waals surface area contributed by atoms with E-state index in [-0.39, 0.29) is 22.0 Å². The number of fused-ring (bicyclic) bond motifs is 4. The van der Waals surface area contributed by atoms with Crippen LogP contribution in [0.5, 0.6) is 0 Å². The van der Waals surface area contributed by atoms with Gasteiger partial charge in [-0.25, -0.2) is 4.79 Å². The molecule has 33 heavy (non-hydrogen) atoms. The average molecular weight is 461 g/mol. The van der Waals surface area contributed by atoms with Crippen molar-refractivity contribution in [2.75, 3.05) is 11.9 Å². The third-order valence-electron chi connectivity index (χ3n) is 5.86. The Hall–Kier alpha value is -3.98. The van der Waals surface area contributed by atoms with Gasteiger partial charge in [0.1, 0.15) is 16.1 Å². The number of amides is 3. The van der Waals surface area contributed by atoms with E-state index in [2.05, 4.69) is 5.32 Å². The largest absolute Gasteiger partial charge is 0.422 e. The molecule has 0 saturated carbocycles. The summed E-state index contributed by atoms with van der Waals surface area (Å²) in [7, 11) is 0. The molecule has 0 aliphatic carbocycles. The summed E-state index contributed by atoms with van der Waals surface area (Å²) in [5.74, 6) is -1.43. The van der Waals surface area contributed by atoms with Crippen molar-refractivity contribution in [3.8, 4) is 0 Å². The normalized spacial score (nSPS) is 13.2. The molecule has 3 N–H and O–H groups in total. The summed E-state index contributed by atoms with van der Waals surface area (Å²) < 4.78 is 5.41. The summed E-state index contributed by atoms with van der Waals surface area (Å²) in [6, 6.07) is 12.6. The van der Waals surface area contributed by atoms with E-state index in [4.69, 9.17) is 10.2 Å². The second-order valence-electron chi connectivity index (χ2n) is 7.86. The van der Waals surface area contributed by atoms with Crippen LogP contribution in [0.15, 0.2) is 51.7 Å². The molecule has 0 unspecified atom stereocenters. The van der Waals surface area contributed by atoms with Crippen LogP contribution in [0, 0.1) is 0 Å². The summed E-state index contributed by atoms with van der Waals surface area (Å²) in [5.41, 5.74) is 6.00. The number of carbonyl (C=O) groups is 3. The Morgan fingerprint density at radius 2 is 1.91 bits per heavy atom. The van der Waals surface area contributed by atoms with Gasteiger partial charge in [-0.2, -0.15) is 0 Å². The number of nitrogens with zero attached hydrogens (tertiary/aromatic N) is 1. The van der Waals surface area contributed by atoms with Crippen molar-refractivity contribution < 1.29 is 18.8 Å². The molecule has 9 heteroatoms. The molecule has 0 radical (unpaired) electrons. The van der Waals surface area contributed by atoms with E-state index in [9.17, 15) is 19.2 Å². The number of anilines is 1. The van der Waals surface area contributed by atoms with E-state index in [0.717, 1.165) is 21.2 Å². The van der Waals surface area contributed by atoms with Gasteiger partial charge in [-0.3, -0.25) is 14.4 Å². The average Bonchev–Trinajstić information content (AvgIpc) is 3.15. The molecule has 3 heterocycles. The van der Waals surface area contributed by atoms with Crippen molar-refractivity contribution in [3.63, 3.8) is 0 Å². The highest BCUT2D eigenvalue weighted by Gasteiger charge is 2.29. The lowest BCUT2D eigenvalue weighted by Crippen LogP contribution is -2.34. The van der Waals surface area contributed by atoms with Crippen molar-refractivity contribution in [1.29, 1.82) is 0 Å². The van der Waals surface area contributed by atoms with Crippen molar-refractivity contribution >= 4 is 55.8 Å². The molecule has 4 aromatic rings. The molecule has 5 rings (SSSR count). The summed E-state index contributed by atoms with van der Waals surface area (Å²) >= 11 is 1.19. The van der Waals surface area contributed by atoms with Crippen molar-refractivity contribution in [1.82, 2.24) is 4.90 Å². The molecule has 8 nitrogen and oxygen atoms in total. The van der Waals surface area contributed by atoms with Crippen molar-refractivity contribution in [2.24, 2.45) is 5.73 Å². The third-order valence-corrected chi connectivity index (χ3v) is 6.99. The van der Waals surface area contributed by atoms with Crippen LogP contribution in [0.4, 0.5) is 5.00 Å². The molecule has 0 atom stereocenters. The number of thiophene rings is 1. The Bertz CT molecular complexity index is 1530. The van der Waals surface area contributed by atoms with Crippen LogP contribution in [-0.2, 0) is 17.8 Å². The van der Waals surface area contributed by atoms with Gasteiger partial charge in [0, 0.05) is 23.7 Å². The maximum absolute atomic E-state index is 13.1. The Morgan fingerprint density at radius 1 is 1.12 bits per heavy atom. The maximum atomic E-state index is 13.1. The second kappa shape index (κ2) is 7.86. The third kappa shape index (κ3) is 3.56. The van der Waals surface area contributed by atoms with Gasteiger partial charge in [0.15, 0.2) is 0 Å². The first-order valence-electron chi connectivity index (χ1n) is 10.3. The molecule has 0 bridgehead atoms. The summed E-state index contributed by atoms with van der Waals surface area (Å²) in [6.45, 7) is 2.29. The van der Waals surface area contributed by atoms with Crippen LogP contribution < -0.4 is 16.7 Å². The molecule has 166 valence electrons. The number of nitrogens with one attached hydrogen (secondary N) is 1. The first-order valence-corrected chi connectivity index (χ1v) is 11.1. The number of nitrogens with two attached hydrogens (primary N) is 1. The van der Waals surface area contributed by atoms with E-state index in [1.165, 1.54) is 24.3 Å². The molecule has 0 fully saturated rings. The van der Waals surface area contributed by atoms with Gasteiger partial charge in [0.25, 0.3) is 11.8 Å². The van der Waals surface area contributed by atoms with Crippen molar-refractivity contribution in [3.05, 3.63) is 74.5 Å². The van der Waals surface area contributed by atoms with E-state index < -0.39 is 17.4 Å². The van der Waals surface area contributed by atoms with Gasteiger partial charge in [-0.15, -0.1) is 11.3 Å². The highest BCUT2D eigenvalue weighted by atomic mass is 32.1. The molecule has 0 spiro atoms. The number of hydrogen-bond acceptors (Lipinski definition) is 6. The number of primary amides is 1. The molecule has 2 aromatic heterocycles. The smallest absolute Gasteiger partial charge is 0.349 e. The van der Waals surface area contributed by atoms with Crippen LogP contribution >= 0.6 is 11.3 Å². The summed E-state index contributed by atoms with van der Waals surface area (Å²) in [5, 5.41) is 5.37. The minimum Gasteiger partial charge on any atom is -0.422 e. The fraction of sp³-hybridized carbons (Fsp3) is 0.167. The van der Waals surface area contributed by atoms with Gasteiger partial charge < -0.3 is 20.4 Å². The lowest BCUT2D eigenvalue weighted by atomic mass is 10.0. The van der Waals surface area contributed by atoms with Crippen LogP contribution in [0.1, 0.15) is 38.1 Å². The van der Waals surface area contributed by atoms with Crippen LogP contribution in [-0.4, -0.2) is 29.2 Å². The quantitative estimate of drug-likeness (QED) is 0.358. The van der Waals surface area contributed by atoms with Gasteiger partial charge in [0.05, 0.1) is 12.1 Å². The van der Waals surface area contributed by atoms with E-state index in [0.29, 0.717) is 30.5 Å². The molecule has 3 amide bonds. The van der Waals surface area contributed by atoms with Gasteiger partial charge >= 0.3 is 5.63 Å². The lowest BCUT2D eigenvalue weighted by Gasteiger charge is -2.25. The first-order chi connectivity index (χ1) is 15.8. The van der Waals surface area contributed by atoms with Crippen molar-refractivity contribution in [2.45, 2.75) is 19.9 Å². The fourth-order valence-corrected chi connectivity index (χ4v) is 5.48. The Kier molecular flexibility index (Phi) is 4.98. The maximum Gasteiger partial charge on any atom is 0.349 e. The molecular weight excluding hydrogens is 442 g/mol. The molecule has 1 aliphatic heterocycles. The number of benzene rings is 2. The van der Waals surface area contributed by atoms with Gasteiger partial charge in [-0.05, 0) is 34.9 Å². The number of carbonyl (C=O) groups excluding carboxylic acids is 3. The highest BCUT2D eigenvalue weighted by molar-refractivity contribution is 7.17. The predicted octanol–water partition coefficient (Wildman–Crippen LogP) is 3.26. The zero-order valence-corrected chi connectivity index (χ0v) is 18.5. The zero-order valence-electron chi connectivity index (χ0n) is 17.6. The predicted molar refractivity (Wildman–Crippen MR) is 126 cm³/mol. The van der Waals surface area contributed by atoms with Gasteiger partial charge in [-0.1, -0.05) is 30.3 Å². The Labute approximate surface area is 191 Å². The fourth-order valence-electron chi connectivity index (χ4n) is 4.22. The first kappa shape index (κ1) is 20.9. The molecular formula is C24H19N3O5S. The monoisotopic (exact) mass is 461 g/mol. The lowest BCUT2D eigenvalue weighted by molar-refractivity contribution is -0.129. The topological polar surface area (TPSA) is 123 Å². The summed E-state index contributed by atoms with van der Waals surface area (Å²) in [4.78, 5) is 52.1. The molecule has 2 aromatic carbocycles. The molecule has 0 saturated heterocycles. The zero-order chi connectivity index (χ0) is 23.3.